The van der Waals surface area contributed by atoms with Crippen LogP contribution in [-0.2, 0) is 29.0 Å². The highest BCUT2D eigenvalue weighted by molar-refractivity contribution is 6.31. The van der Waals surface area contributed by atoms with E-state index in [1.165, 1.54) is 7.11 Å². The predicted octanol–water partition coefficient (Wildman–Crippen LogP) is 4.22. The molecule has 0 radical (unpaired) electrons. The van der Waals surface area contributed by atoms with Crippen molar-refractivity contribution in [3.63, 3.8) is 0 Å². The van der Waals surface area contributed by atoms with E-state index in [4.69, 9.17) is 16.3 Å². The summed E-state index contributed by atoms with van der Waals surface area (Å²) in [6, 6.07) is 9.02. The topological polar surface area (TPSA) is 64.4 Å². The van der Waals surface area contributed by atoms with Gasteiger partial charge in [0, 0.05) is 22.6 Å². The van der Waals surface area contributed by atoms with Crippen LogP contribution in [-0.4, -0.2) is 28.8 Å². The van der Waals surface area contributed by atoms with Crippen LogP contribution >= 0.6 is 11.6 Å². The number of esters is 1. The van der Waals surface area contributed by atoms with Gasteiger partial charge in [0.2, 0.25) is 5.91 Å². The number of benzene rings is 2. The minimum atomic E-state index is -0.409. The number of hydrogen-bond donors (Lipinski definition) is 0. The average molecular weight is 412 g/mol. The Morgan fingerprint density at radius 1 is 1.28 bits per heavy atom. The second-order valence-corrected chi connectivity index (χ2v) is 8.15. The fourth-order valence-corrected chi connectivity index (χ4v) is 4.11. The molecule has 150 valence electrons. The molecular formula is C22H22ClN3O3. The van der Waals surface area contributed by atoms with Gasteiger partial charge in [0.25, 0.3) is 0 Å². The summed E-state index contributed by atoms with van der Waals surface area (Å²) in [7, 11) is 1.34. The number of anilines is 1. The predicted molar refractivity (Wildman–Crippen MR) is 112 cm³/mol. The number of carbonyl (C=O) groups excluding carboxylic acids is 2. The molecular weight excluding hydrogens is 390 g/mol. The number of nitrogens with zero attached hydrogens (tertiary/aromatic N) is 3. The van der Waals surface area contributed by atoms with Crippen LogP contribution in [0.2, 0.25) is 5.02 Å². The summed E-state index contributed by atoms with van der Waals surface area (Å²) in [5.74, 6) is 0.0189. The normalized spacial score (nSPS) is 13.4. The second kappa shape index (κ2) is 7.52. The number of methoxy groups -OCH3 is 1. The van der Waals surface area contributed by atoms with Crippen molar-refractivity contribution >= 4 is 40.1 Å². The molecule has 4 rings (SSSR count). The number of fused-ring (bicyclic) bond motifs is 2. The second-order valence-electron chi connectivity index (χ2n) is 7.72. The fraction of sp³-hybridized carbons (Fsp3) is 0.318. The number of amides is 1. The van der Waals surface area contributed by atoms with Crippen molar-refractivity contribution in [2.24, 2.45) is 5.92 Å². The third-order valence-electron chi connectivity index (χ3n) is 5.08. The summed E-state index contributed by atoms with van der Waals surface area (Å²) in [4.78, 5) is 26.3. The van der Waals surface area contributed by atoms with Crippen molar-refractivity contribution in [3.8, 4) is 0 Å². The molecule has 1 aromatic heterocycles. The quantitative estimate of drug-likeness (QED) is 0.589. The minimum absolute atomic E-state index is 0.00920. The monoisotopic (exact) mass is 411 g/mol. The molecule has 0 aliphatic carbocycles. The van der Waals surface area contributed by atoms with Crippen LogP contribution < -0.4 is 4.90 Å². The van der Waals surface area contributed by atoms with Crippen LogP contribution in [0.25, 0.3) is 10.9 Å². The van der Waals surface area contributed by atoms with Crippen LogP contribution in [0.5, 0.6) is 0 Å². The van der Waals surface area contributed by atoms with Gasteiger partial charge in [0.15, 0.2) is 0 Å². The Labute approximate surface area is 174 Å². The molecule has 29 heavy (non-hydrogen) atoms. The highest BCUT2D eigenvalue weighted by atomic mass is 35.5. The molecule has 0 atom stereocenters. The van der Waals surface area contributed by atoms with E-state index in [2.05, 4.69) is 18.9 Å². The SMILES string of the molecule is COC(=O)c1ccc2c(c1)CC(=O)N2Cc1cc(Cl)cc2cnn(CC(C)C)c12. The molecule has 3 aromatic rings. The van der Waals surface area contributed by atoms with Crippen molar-refractivity contribution < 1.29 is 14.3 Å². The van der Waals surface area contributed by atoms with Gasteiger partial charge in [0.1, 0.15) is 0 Å². The molecule has 2 aromatic carbocycles. The van der Waals surface area contributed by atoms with Crippen LogP contribution in [0.3, 0.4) is 0 Å². The fourth-order valence-electron chi connectivity index (χ4n) is 3.86. The first-order chi connectivity index (χ1) is 13.9. The van der Waals surface area contributed by atoms with Crippen LogP contribution in [0.15, 0.2) is 36.5 Å². The Hall–Kier alpha value is -2.86. The lowest BCUT2D eigenvalue weighted by atomic mass is 10.1. The summed E-state index contributed by atoms with van der Waals surface area (Å²) in [6.07, 6.45) is 2.07. The first-order valence-corrected chi connectivity index (χ1v) is 9.90. The Morgan fingerprint density at radius 3 is 2.79 bits per heavy atom. The van der Waals surface area contributed by atoms with Crippen LogP contribution in [0, 0.1) is 5.92 Å². The summed E-state index contributed by atoms with van der Waals surface area (Å²) in [5, 5.41) is 6.09. The smallest absolute Gasteiger partial charge is 0.337 e. The molecule has 0 fully saturated rings. The van der Waals surface area contributed by atoms with E-state index in [-0.39, 0.29) is 12.3 Å². The number of rotatable bonds is 5. The number of carbonyl (C=O) groups is 2. The van der Waals surface area contributed by atoms with Crippen LogP contribution in [0.1, 0.15) is 35.3 Å². The van der Waals surface area contributed by atoms with E-state index in [0.717, 1.165) is 34.3 Å². The third kappa shape index (κ3) is 3.60. The molecule has 0 saturated heterocycles. The molecule has 6 nitrogen and oxygen atoms in total. The zero-order chi connectivity index (χ0) is 20.7. The summed E-state index contributed by atoms with van der Waals surface area (Å²) in [6.45, 7) is 5.46. The van der Waals surface area contributed by atoms with Gasteiger partial charge in [-0.05, 0) is 47.4 Å². The van der Waals surface area contributed by atoms with E-state index in [1.807, 2.05) is 23.0 Å². The van der Waals surface area contributed by atoms with Crippen molar-refractivity contribution in [2.75, 3.05) is 12.0 Å². The zero-order valence-corrected chi connectivity index (χ0v) is 17.4. The molecule has 1 amide bonds. The largest absolute Gasteiger partial charge is 0.465 e. The van der Waals surface area contributed by atoms with Gasteiger partial charge in [0.05, 0.1) is 37.4 Å². The van der Waals surface area contributed by atoms with E-state index in [1.54, 1.807) is 23.1 Å². The van der Waals surface area contributed by atoms with Gasteiger partial charge in [-0.1, -0.05) is 25.4 Å². The number of aromatic nitrogens is 2. The Kier molecular flexibility index (Phi) is 5.04. The summed E-state index contributed by atoms with van der Waals surface area (Å²) >= 11 is 6.34. The summed E-state index contributed by atoms with van der Waals surface area (Å²) < 4.78 is 6.76. The van der Waals surface area contributed by atoms with Gasteiger partial charge in [-0.3, -0.25) is 9.48 Å². The third-order valence-corrected chi connectivity index (χ3v) is 5.30. The van der Waals surface area contributed by atoms with Crippen LogP contribution in [0.4, 0.5) is 5.69 Å². The van der Waals surface area contributed by atoms with E-state index in [0.29, 0.717) is 23.0 Å². The number of hydrogen-bond acceptors (Lipinski definition) is 4. The van der Waals surface area contributed by atoms with Gasteiger partial charge < -0.3 is 9.64 Å². The highest BCUT2D eigenvalue weighted by Crippen LogP contribution is 2.33. The standard InChI is InChI=1S/C22H22ClN3O3/c1-13(2)11-26-21-16(10-24-26)7-18(23)8-17(21)12-25-19-5-4-14(22(28)29-3)6-15(19)9-20(25)27/h4-8,10,13H,9,11-12H2,1-3H3. The molecule has 0 saturated carbocycles. The van der Waals surface area contributed by atoms with Crippen molar-refractivity contribution in [1.82, 2.24) is 9.78 Å². The molecule has 0 unspecified atom stereocenters. The zero-order valence-electron chi connectivity index (χ0n) is 16.6. The molecule has 7 heteroatoms. The van der Waals surface area contributed by atoms with Crippen molar-refractivity contribution in [2.45, 2.75) is 33.4 Å². The van der Waals surface area contributed by atoms with E-state index < -0.39 is 5.97 Å². The van der Waals surface area contributed by atoms with Gasteiger partial charge in [-0.15, -0.1) is 0 Å². The Morgan fingerprint density at radius 2 is 2.07 bits per heavy atom. The maximum absolute atomic E-state index is 12.8. The van der Waals surface area contributed by atoms with Crippen molar-refractivity contribution in [1.29, 1.82) is 0 Å². The maximum Gasteiger partial charge on any atom is 0.337 e. The first kappa shape index (κ1) is 19.5. The molecule has 0 bridgehead atoms. The number of ether oxygens (including phenoxy) is 1. The Bertz CT molecular complexity index is 1120. The average Bonchev–Trinajstić information content (AvgIpc) is 3.20. The van der Waals surface area contributed by atoms with Crippen molar-refractivity contribution in [3.05, 3.63) is 58.2 Å². The molecule has 1 aliphatic heterocycles. The maximum atomic E-state index is 12.8. The first-order valence-electron chi connectivity index (χ1n) is 9.53. The van der Waals surface area contributed by atoms with E-state index >= 15 is 0 Å². The molecule has 0 spiro atoms. The van der Waals surface area contributed by atoms with E-state index in [9.17, 15) is 9.59 Å². The lowest BCUT2D eigenvalue weighted by molar-refractivity contribution is -0.117. The highest BCUT2D eigenvalue weighted by Gasteiger charge is 2.29. The number of halogens is 1. The molecule has 2 heterocycles. The lowest BCUT2D eigenvalue weighted by Gasteiger charge is -2.19. The van der Waals surface area contributed by atoms with Gasteiger partial charge in [-0.2, -0.15) is 5.10 Å². The Balaban J connectivity index is 1.73. The van der Waals surface area contributed by atoms with Gasteiger partial charge >= 0.3 is 5.97 Å². The molecule has 1 aliphatic rings. The minimum Gasteiger partial charge on any atom is -0.465 e. The lowest BCUT2D eigenvalue weighted by Crippen LogP contribution is -2.26. The van der Waals surface area contributed by atoms with Gasteiger partial charge in [-0.25, -0.2) is 4.79 Å². The molecule has 0 N–H and O–H groups in total. The summed E-state index contributed by atoms with van der Waals surface area (Å²) in [5.41, 5.74) is 4.03.